The summed E-state index contributed by atoms with van der Waals surface area (Å²) in [5.41, 5.74) is 6.02. The molecule has 1 aliphatic heterocycles. The lowest BCUT2D eigenvalue weighted by Crippen LogP contribution is -2.60. The van der Waals surface area contributed by atoms with Gasteiger partial charge in [0.1, 0.15) is 11.9 Å². The highest BCUT2D eigenvalue weighted by Crippen LogP contribution is 2.26. The fraction of sp³-hybridized carbons (Fsp3) is 0.462. The van der Waals surface area contributed by atoms with Gasteiger partial charge in [0.05, 0.1) is 5.69 Å². The van der Waals surface area contributed by atoms with Crippen LogP contribution in [0.25, 0.3) is 0 Å². The van der Waals surface area contributed by atoms with E-state index in [4.69, 9.17) is 5.73 Å². The molecule has 2 rings (SSSR count). The minimum absolute atomic E-state index is 0.0520. The van der Waals surface area contributed by atoms with Crippen molar-refractivity contribution in [3.63, 3.8) is 0 Å². The fourth-order valence-corrected chi connectivity index (χ4v) is 2.39. The lowest BCUT2D eigenvalue weighted by Gasteiger charge is -2.41. The second kappa shape index (κ2) is 5.35. The maximum Gasteiger partial charge on any atom is 0.242 e. The molecule has 3 N–H and O–H groups in total. The second-order valence-corrected chi connectivity index (χ2v) is 4.55. The van der Waals surface area contributed by atoms with E-state index in [9.17, 15) is 9.18 Å². The molecule has 18 heavy (non-hydrogen) atoms. The average Bonchev–Trinajstić information content (AvgIpc) is 2.36. The highest BCUT2D eigenvalue weighted by molar-refractivity contribution is 5.87. The highest BCUT2D eigenvalue weighted by Gasteiger charge is 2.34. The Balaban J connectivity index is 2.36. The largest absolute Gasteiger partial charge is 0.353 e. The monoisotopic (exact) mass is 251 g/mol. The van der Waals surface area contributed by atoms with Crippen molar-refractivity contribution in [1.29, 1.82) is 0 Å². The number of carbonyl (C=O) groups is 1. The molecule has 1 amide bonds. The smallest absolute Gasteiger partial charge is 0.242 e. The molecule has 2 unspecified atom stereocenters. The number of anilines is 1. The van der Waals surface area contributed by atoms with Crippen molar-refractivity contribution in [2.24, 2.45) is 5.73 Å². The fourth-order valence-electron chi connectivity index (χ4n) is 2.39. The standard InChI is InChI=1S/C13H18FN3O/c1-9-8-16-13(18)12(6-7-15)17(9)11-5-3-2-4-10(11)14/h2-5,9,12H,6-8,15H2,1H3,(H,16,18). The number of nitrogens with one attached hydrogen (secondary N) is 1. The number of piperazine rings is 1. The zero-order chi connectivity index (χ0) is 13.1. The Hall–Kier alpha value is -1.62. The Bertz CT molecular complexity index is 438. The van der Waals surface area contributed by atoms with E-state index in [-0.39, 0.29) is 17.8 Å². The van der Waals surface area contributed by atoms with Crippen molar-refractivity contribution in [3.8, 4) is 0 Å². The molecule has 0 radical (unpaired) electrons. The summed E-state index contributed by atoms with van der Waals surface area (Å²) >= 11 is 0. The first-order chi connectivity index (χ1) is 8.65. The summed E-state index contributed by atoms with van der Waals surface area (Å²) in [5.74, 6) is -0.386. The molecule has 0 spiro atoms. The number of rotatable bonds is 3. The Labute approximate surface area is 106 Å². The number of nitrogens with two attached hydrogens (primary N) is 1. The van der Waals surface area contributed by atoms with Gasteiger partial charge >= 0.3 is 0 Å². The van der Waals surface area contributed by atoms with Crippen LogP contribution >= 0.6 is 0 Å². The van der Waals surface area contributed by atoms with Crippen molar-refractivity contribution in [1.82, 2.24) is 5.32 Å². The number of halogens is 1. The Morgan fingerprint density at radius 2 is 2.22 bits per heavy atom. The predicted molar refractivity (Wildman–Crippen MR) is 68.8 cm³/mol. The lowest BCUT2D eigenvalue weighted by atomic mass is 10.0. The van der Waals surface area contributed by atoms with Gasteiger partial charge in [-0.2, -0.15) is 0 Å². The zero-order valence-corrected chi connectivity index (χ0v) is 10.4. The maximum atomic E-state index is 13.9. The molecule has 0 saturated carbocycles. The van der Waals surface area contributed by atoms with E-state index in [0.717, 1.165) is 0 Å². The summed E-state index contributed by atoms with van der Waals surface area (Å²) < 4.78 is 13.9. The van der Waals surface area contributed by atoms with E-state index >= 15 is 0 Å². The quantitative estimate of drug-likeness (QED) is 0.838. The van der Waals surface area contributed by atoms with Crippen LogP contribution < -0.4 is 16.0 Å². The molecule has 2 atom stereocenters. The summed E-state index contributed by atoms with van der Waals surface area (Å²) in [6.45, 7) is 2.89. The van der Waals surface area contributed by atoms with Crippen LogP contribution in [-0.2, 0) is 4.79 Å². The van der Waals surface area contributed by atoms with Crippen molar-refractivity contribution < 1.29 is 9.18 Å². The van der Waals surface area contributed by atoms with E-state index < -0.39 is 6.04 Å². The van der Waals surface area contributed by atoms with Crippen LogP contribution in [0.1, 0.15) is 13.3 Å². The number of hydrogen-bond acceptors (Lipinski definition) is 3. The first kappa shape index (κ1) is 12.8. The van der Waals surface area contributed by atoms with Gasteiger partial charge in [-0.05, 0) is 32.0 Å². The number of amides is 1. The van der Waals surface area contributed by atoms with Gasteiger partial charge in [-0.25, -0.2) is 4.39 Å². The summed E-state index contributed by atoms with van der Waals surface area (Å²) in [7, 11) is 0. The molecule has 98 valence electrons. The molecular weight excluding hydrogens is 233 g/mol. The first-order valence-corrected chi connectivity index (χ1v) is 6.15. The van der Waals surface area contributed by atoms with Crippen molar-refractivity contribution in [3.05, 3.63) is 30.1 Å². The van der Waals surface area contributed by atoms with Gasteiger partial charge in [-0.1, -0.05) is 12.1 Å². The zero-order valence-electron chi connectivity index (χ0n) is 10.4. The van der Waals surface area contributed by atoms with Crippen LogP contribution in [0.5, 0.6) is 0 Å². The van der Waals surface area contributed by atoms with E-state index in [1.807, 2.05) is 11.8 Å². The van der Waals surface area contributed by atoms with Gasteiger partial charge in [-0.3, -0.25) is 4.79 Å². The molecule has 0 aromatic heterocycles. The summed E-state index contributed by atoms with van der Waals surface area (Å²) in [6.07, 6.45) is 0.518. The van der Waals surface area contributed by atoms with E-state index in [1.54, 1.807) is 18.2 Å². The lowest BCUT2D eigenvalue weighted by molar-refractivity contribution is -0.123. The summed E-state index contributed by atoms with van der Waals surface area (Å²) in [4.78, 5) is 13.7. The molecular formula is C13H18FN3O. The molecule has 0 aliphatic carbocycles. The molecule has 1 heterocycles. The van der Waals surface area contributed by atoms with Gasteiger partial charge in [0.15, 0.2) is 0 Å². The van der Waals surface area contributed by atoms with E-state index in [1.165, 1.54) is 6.07 Å². The second-order valence-electron chi connectivity index (χ2n) is 4.55. The molecule has 0 bridgehead atoms. The van der Waals surface area contributed by atoms with Crippen LogP contribution in [0, 0.1) is 5.82 Å². The van der Waals surface area contributed by atoms with Gasteiger partial charge in [-0.15, -0.1) is 0 Å². The van der Waals surface area contributed by atoms with Gasteiger partial charge in [0, 0.05) is 12.6 Å². The van der Waals surface area contributed by atoms with Crippen molar-refractivity contribution in [2.45, 2.75) is 25.4 Å². The topological polar surface area (TPSA) is 58.4 Å². The van der Waals surface area contributed by atoms with Crippen molar-refractivity contribution >= 4 is 11.6 Å². The SMILES string of the molecule is CC1CNC(=O)C(CCN)N1c1ccccc1F. The molecule has 5 heteroatoms. The summed E-state index contributed by atoms with van der Waals surface area (Å²) in [5, 5.41) is 2.83. The summed E-state index contributed by atoms with van der Waals surface area (Å²) in [6, 6.07) is 6.19. The number of carbonyl (C=O) groups excluding carboxylic acids is 1. The van der Waals surface area contributed by atoms with Crippen LogP contribution in [0.3, 0.4) is 0 Å². The Kier molecular flexibility index (Phi) is 3.81. The normalized spacial score (nSPS) is 23.9. The van der Waals surface area contributed by atoms with Crippen LogP contribution in [-0.4, -0.2) is 31.1 Å². The molecule has 1 fully saturated rings. The third kappa shape index (κ3) is 2.31. The molecule has 1 aromatic rings. The van der Waals surface area contributed by atoms with Crippen molar-refractivity contribution in [2.75, 3.05) is 18.0 Å². The van der Waals surface area contributed by atoms with Gasteiger partial charge in [0.2, 0.25) is 5.91 Å². The molecule has 1 aliphatic rings. The van der Waals surface area contributed by atoms with E-state index in [0.29, 0.717) is 25.2 Å². The molecule has 1 aromatic carbocycles. The van der Waals surface area contributed by atoms with Gasteiger partial charge in [0.25, 0.3) is 0 Å². The number of hydrogen-bond donors (Lipinski definition) is 2. The molecule has 4 nitrogen and oxygen atoms in total. The number of para-hydroxylation sites is 1. The Morgan fingerprint density at radius 1 is 1.50 bits per heavy atom. The molecule has 1 saturated heterocycles. The number of benzene rings is 1. The Morgan fingerprint density at radius 3 is 2.89 bits per heavy atom. The van der Waals surface area contributed by atoms with Crippen LogP contribution in [0.4, 0.5) is 10.1 Å². The average molecular weight is 251 g/mol. The predicted octanol–water partition coefficient (Wildman–Crippen LogP) is 0.868. The van der Waals surface area contributed by atoms with Gasteiger partial charge < -0.3 is 16.0 Å². The maximum absolute atomic E-state index is 13.9. The minimum atomic E-state index is -0.393. The first-order valence-electron chi connectivity index (χ1n) is 6.15. The van der Waals surface area contributed by atoms with Crippen LogP contribution in [0.2, 0.25) is 0 Å². The van der Waals surface area contributed by atoms with E-state index in [2.05, 4.69) is 5.32 Å². The third-order valence-corrected chi connectivity index (χ3v) is 3.26. The minimum Gasteiger partial charge on any atom is -0.353 e. The van der Waals surface area contributed by atoms with Crippen LogP contribution in [0.15, 0.2) is 24.3 Å². The number of nitrogens with zero attached hydrogens (tertiary/aromatic N) is 1. The highest BCUT2D eigenvalue weighted by atomic mass is 19.1. The third-order valence-electron chi connectivity index (χ3n) is 3.26.